The molecule has 1 heterocycles. The van der Waals surface area contributed by atoms with Crippen molar-refractivity contribution in [3.05, 3.63) is 71.5 Å². The van der Waals surface area contributed by atoms with Crippen molar-refractivity contribution in [1.29, 1.82) is 0 Å². The van der Waals surface area contributed by atoms with E-state index in [9.17, 15) is 4.39 Å². The monoisotopic (exact) mass is 271 g/mol. The maximum Gasteiger partial charge on any atom is 0.129 e. The normalized spacial score (nSPS) is 23.2. The van der Waals surface area contributed by atoms with Crippen LogP contribution in [0.2, 0.25) is 0 Å². The van der Waals surface area contributed by atoms with Crippen molar-refractivity contribution >= 4 is 0 Å². The molecule has 0 radical (unpaired) electrons. The molecule has 1 aliphatic heterocycles. The third-order valence-electron chi connectivity index (χ3n) is 3.75. The molecule has 0 spiro atoms. The van der Waals surface area contributed by atoms with Crippen molar-refractivity contribution in [1.82, 2.24) is 5.32 Å². The van der Waals surface area contributed by atoms with Crippen LogP contribution in [-0.2, 0) is 4.74 Å². The summed E-state index contributed by atoms with van der Waals surface area (Å²) in [6.07, 6.45) is -0.242. The maximum absolute atomic E-state index is 14.1. The van der Waals surface area contributed by atoms with E-state index in [1.165, 1.54) is 11.6 Å². The van der Waals surface area contributed by atoms with Gasteiger partial charge in [0, 0.05) is 24.6 Å². The Morgan fingerprint density at radius 3 is 2.55 bits per heavy atom. The maximum atomic E-state index is 14.1. The van der Waals surface area contributed by atoms with E-state index in [1.54, 1.807) is 6.07 Å². The molecule has 0 bridgehead atoms. The van der Waals surface area contributed by atoms with Crippen molar-refractivity contribution in [3.63, 3.8) is 0 Å². The first-order chi connectivity index (χ1) is 9.86. The largest absolute Gasteiger partial charge is 0.371 e. The SMILES string of the molecule is Fc1ccccc1[C@@H]1OCCNC[C@@H]1c1ccccc1. The standard InChI is InChI=1S/C17H18FNO/c18-16-9-5-4-8-14(16)17-15(12-19-10-11-20-17)13-6-2-1-3-7-13/h1-9,15,17,19H,10-12H2/t15-,17+/m1/s1. The molecule has 3 heteroatoms. The zero-order valence-corrected chi connectivity index (χ0v) is 11.3. The van der Waals surface area contributed by atoms with Gasteiger partial charge in [-0.1, -0.05) is 48.5 Å². The summed E-state index contributed by atoms with van der Waals surface area (Å²) < 4.78 is 20.0. The van der Waals surface area contributed by atoms with Crippen LogP contribution in [0.5, 0.6) is 0 Å². The Balaban J connectivity index is 1.98. The summed E-state index contributed by atoms with van der Waals surface area (Å²) >= 11 is 0. The van der Waals surface area contributed by atoms with Crippen molar-refractivity contribution in [2.45, 2.75) is 12.0 Å². The molecular weight excluding hydrogens is 253 g/mol. The Bertz CT molecular complexity index is 558. The molecule has 0 amide bonds. The summed E-state index contributed by atoms with van der Waals surface area (Å²) in [5, 5.41) is 3.37. The molecule has 0 unspecified atom stereocenters. The first-order valence-corrected chi connectivity index (χ1v) is 6.98. The van der Waals surface area contributed by atoms with Gasteiger partial charge in [-0.3, -0.25) is 0 Å². The van der Waals surface area contributed by atoms with Gasteiger partial charge in [-0.25, -0.2) is 4.39 Å². The number of rotatable bonds is 2. The van der Waals surface area contributed by atoms with Gasteiger partial charge in [0.1, 0.15) is 5.82 Å². The van der Waals surface area contributed by atoms with E-state index in [4.69, 9.17) is 4.74 Å². The van der Waals surface area contributed by atoms with E-state index < -0.39 is 0 Å². The summed E-state index contributed by atoms with van der Waals surface area (Å²) in [6, 6.07) is 17.1. The molecule has 2 aromatic carbocycles. The molecule has 3 rings (SSSR count). The molecule has 2 atom stereocenters. The number of ether oxygens (including phenoxy) is 1. The van der Waals surface area contributed by atoms with E-state index in [0.29, 0.717) is 12.2 Å². The van der Waals surface area contributed by atoms with Gasteiger partial charge >= 0.3 is 0 Å². The molecule has 1 fully saturated rings. The summed E-state index contributed by atoms with van der Waals surface area (Å²) in [5.41, 5.74) is 1.82. The highest BCUT2D eigenvalue weighted by Crippen LogP contribution is 2.35. The number of hydrogen-bond donors (Lipinski definition) is 1. The Morgan fingerprint density at radius 2 is 1.75 bits per heavy atom. The third kappa shape index (κ3) is 2.74. The quantitative estimate of drug-likeness (QED) is 0.905. The Kier molecular flexibility index (Phi) is 4.09. The fourth-order valence-corrected chi connectivity index (χ4v) is 2.74. The molecular formula is C17H18FNO. The second kappa shape index (κ2) is 6.16. The predicted octanol–water partition coefficient (Wildman–Crippen LogP) is 3.27. The van der Waals surface area contributed by atoms with Crippen molar-refractivity contribution in [3.8, 4) is 0 Å². The summed E-state index contributed by atoms with van der Waals surface area (Å²) in [5.74, 6) is -0.0732. The van der Waals surface area contributed by atoms with Crippen LogP contribution < -0.4 is 5.32 Å². The Hall–Kier alpha value is -1.71. The first-order valence-electron chi connectivity index (χ1n) is 6.98. The second-order valence-corrected chi connectivity index (χ2v) is 5.03. The lowest BCUT2D eigenvalue weighted by molar-refractivity contribution is 0.0489. The molecule has 2 aromatic rings. The lowest BCUT2D eigenvalue weighted by Crippen LogP contribution is -2.23. The molecule has 0 saturated carbocycles. The molecule has 2 nitrogen and oxygen atoms in total. The van der Waals surface area contributed by atoms with E-state index >= 15 is 0 Å². The highest BCUT2D eigenvalue weighted by molar-refractivity contribution is 5.28. The highest BCUT2D eigenvalue weighted by Gasteiger charge is 2.29. The van der Waals surface area contributed by atoms with E-state index in [0.717, 1.165) is 13.1 Å². The minimum atomic E-state index is -0.242. The fourth-order valence-electron chi connectivity index (χ4n) is 2.74. The van der Waals surface area contributed by atoms with E-state index in [1.807, 2.05) is 30.3 Å². The van der Waals surface area contributed by atoms with Gasteiger partial charge in [0.2, 0.25) is 0 Å². The molecule has 1 N–H and O–H groups in total. The van der Waals surface area contributed by atoms with Gasteiger partial charge in [0.15, 0.2) is 0 Å². The van der Waals surface area contributed by atoms with Crippen LogP contribution in [-0.4, -0.2) is 19.7 Å². The van der Waals surface area contributed by atoms with Gasteiger partial charge in [0.05, 0.1) is 12.7 Å². The van der Waals surface area contributed by atoms with Gasteiger partial charge in [-0.15, -0.1) is 0 Å². The predicted molar refractivity (Wildman–Crippen MR) is 77.1 cm³/mol. The zero-order valence-electron chi connectivity index (χ0n) is 11.3. The molecule has 104 valence electrons. The molecule has 0 aliphatic carbocycles. The molecule has 1 aliphatic rings. The second-order valence-electron chi connectivity index (χ2n) is 5.03. The number of hydrogen-bond acceptors (Lipinski definition) is 2. The smallest absolute Gasteiger partial charge is 0.129 e. The first kappa shape index (κ1) is 13.3. The highest BCUT2D eigenvalue weighted by atomic mass is 19.1. The van der Waals surface area contributed by atoms with Crippen molar-refractivity contribution < 1.29 is 9.13 Å². The fraction of sp³-hybridized carbons (Fsp3) is 0.294. The lowest BCUT2D eigenvalue weighted by atomic mass is 9.89. The number of nitrogens with one attached hydrogen (secondary N) is 1. The molecule has 0 aromatic heterocycles. The minimum absolute atomic E-state index is 0.121. The van der Waals surface area contributed by atoms with Crippen LogP contribution in [0, 0.1) is 5.82 Å². The van der Waals surface area contributed by atoms with E-state index in [-0.39, 0.29) is 17.8 Å². The minimum Gasteiger partial charge on any atom is -0.371 e. The number of halogens is 1. The van der Waals surface area contributed by atoms with Gasteiger partial charge in [0.25, 0.3) is 0 Å². The Morgan fingerprint density at radius 1 is 1.00 bits per heavy atom. The Labute approximate surface area is 118 Å². The number of benzene rings is 2. The van der Waals surface area contributed by atoms with Crippen molar-refractivity contribution in [2.24, 2.45) is 0 Å². The average molecular weight is 271 g/mol. The summed E-state index contributed by atoms with van der Waals surface area (Å²) in [6.45, 7) is 2.19. The van der Waals surface area contributed by atoms with Crippen LogP contribution in [0.1, 0.15) is 23.1 Å². The third-order valence-corrected chi connectivity index (χ3v) is 3.75. The average Bonchev–Trinajstić information content (AvgIpc) is 2.74. The summed E-state index contributed by atoms with van der Waals surface area (Å²) in [7, 11) is 0. The van der Waals surface area contributed by atoms with Crippen LogP contribution in [0.25, 0.3) is 0 Å². The summed E-state index contributed by atoms with van der Waals surface area (Å²) in [4.78, 5) is 0. The van der Waals surface area contributed by atoms with Gasteiger partial charge < -0.3 is 10.1 Å². The van der Waals surface area contributed by atoms with Crippen LogP contribution in [0.3, 0.4) is 0 Å². The van der Waals surface area contributed by atoms with E-state index in [2.05, 4.69) is 17.4 Å². The van der Waals surface area contributed by atoms with Crippen LogP contribution >= 0.6 is 0 Å². The van der Waals surface area contributed by atoms with Gasteiger partial charge in [-0.05, 0) is 11.6 Å². The van der Waals surface area contributed by atoms with Crippen LogP contribution in [0.15, 0.2) is 54.6 Å². The molecule has 20 heavy (non-hydrogen) atoms. The van der Waals surface area contributed by atoms with Crippen LogP contribution in [0.4, 0.5) is 4.39 Å². The van der Waals surface area contributed by atoms with Crippen molar-refractivity contribution in [2.75, 3.05) is 19.7 Å². The topological polar surface area (TPSA) is 21.3 Å². The van der Waals surface area contributed by atoms with Gasteiger partial charge in [-0.2, -0.15) is 0 Å². The lowest BCUT2D eigenvalue weighted by Gasteiger charge is -2.25. The molecule has 1 saturated heterocycles. The zero-order chi connectivity index (χ0) is 13.8.